The number of rotatable bonds is 6. The number of ketones is 1. The molecule has 2 aromatic carbocycles. The van der Waals surface area contributed by atoms with Crippen LogP contribution in [0.4, 0.5) is 0 Å². The van der Waals surface area contributed by atoms with E-state index in [1.165, 1.54) is 0 Å². The van der Waals surface area contributed by atoms with Gasteiger partial charge in [-0.05, 0) is 50.2 Å². The van der Waals surface area contributed by atoms with E-state index in [1.807, 2.05) is 54.6 Å². The number of carbonyl (C=O) groups is 1. The summed E-state index contributed by atoms with van der Waals surface area (Å²) in [5.74, 6) is 1.28. The molecule has 0 aliphatic carbocycles. The van der Waals surface area contributed by atoms with Crippen molar-refractivity contribution >= 4 is 17.4 Å². The number of Topliss-reactive ketones (excluding diaryl/α,β-unsaturated/α-hetero) is 1. The predicted octanol–water partition coefficient (Wildman–Crippen LogP) is 4.31. The van der Waals surface area contributed by atoms with Crippen molar-refractivity contribution in [3.8, 4) is 5.75 Å². The van der Waals surface area contributed by atoms with Gasteiger partial charge in [0.2, 0.25) is 0 Å². The van der Waals surface area contributed by atoms with Crippen LogP contribution in [-0.4, -0.2) is 36.9 Å². The van der Waals surface area contributed by atoms with E-state index in [2.05, 4.69) is 4.90 Å². The molecule has 2 aromatic rings. The van der Waals surface area contributed by atoms with E-state index in [0.717, 1.165) is 43.8 Å². The van der Waals surface area contributed by atoms with E-state index in [0.29, 0.717) is 11.6 Å². The molecule has 1 aliphatic heterocycles. The minimum absolute atomic E-state index is 0.154. The van der Waals surface area contributed by atoms with Crippen molar-refractivity contribution in [3.63, 3.8) is 0 Å². The Kier molecular flexibility index (Phi) is 5.89. The second kappa shape index (κ2) is 8.32. The Morgan fingerprint density at radius 1 is 1.04 bits per heavy atom. The number of ether oxygens (including phenoxy) is 1. The van der Waals surface area contributed by atoms with Crippen LogP contribution in [0.15, 0.2) is 54.6 Å². The van der Waals surface area contributed by atoms with Gasteiger partial charge in [-0.2, -0.15) is 0 Å². The lowest BCUT2D eigenvalue weighted by Gasteiger charge is -2.31. The first kappa shape index (κ1) is 17.0. The highest BCUT2D eigenvalue weighted by Gasteiger charge is 2.25. The smallest absolute Gasteiger partial charge is 0.166 e. The van der Waals surface area contributed by atoms with Gasteiger partial charge in [0, 0.05) is 23.0 Å². The van der Waals surface area contributed by atoms with Gasteiger partial charge in [-0.25, -0.2) is 0 Å². The van der Waals surface area contributed by atoms with Crippen LogP contribution < -0.4 is 4.74 Å². The Balaban J connectivity index is 1.40. The zero-order valence-electron chi connectivity index (χ0n) is 13.7. The van der Waals surface area contributed by atoms with Gasteiger partial charge in [0.1, 0.15) is 12.4 Å². The molecule has 3 nitrogen and oxygen atoms in total. The average molecular weight is 344 g/mol. The predicted molar refractivity (Wildman–Crippen MR) is 96.9 cm³/mol. The third-order valence-electron chi connectivity index (χ3n) is 4.51. The SMILES string of the molecule is O=C(c1ccccc1)C1CCN(CCOc2ccc(Cl)cc2)CC1. The molecular formula is C20H22ClNO2. The molecule has 0 bridgehead atoms. The minimum Gasteiger partial charge on any atom is -0.492 e. The van der Waals surface area contributed by atoms with E-state index in [9.17, 15) is 4.79 Å². The van der Waals surface area contributed by atoms with Gasteiger partial charge >= 0.3 is 0 Å². The van der Waals surface area contributed by atoms with Gasteiger partial charge < -0.3 is 4.74 Å². The molecule has 3 rings (SSSR count). The lowest BCUT2D eigenvalue weighted by Crippen LogP contribution is -2.38. The molecule has 0 unspecified atom stereocenters. The molecule has 0 amide bonds. The van der Waals surface area contributed by atoms with E-state index < -0.39 is 0 Å². The van der Waals surface area contributed by atoms with Crippen molar-refractivity contribution in [3.05, 3.63) is 65.2 Å². The third kappa shape index (κ3) is 4.59. The van der Waals surface area contributed by atoms with Crippen molar-refractivity contribution < 1.29 is 9.53 Å². The highest BCUT2D eigenvalue weighted by Crippen LogP contribution is 2.22. The fourth-order valence-corrected chi connectivity index (χ4v) is 3.21. The van der Waals surface area contributed by atoms with Crippen LogP contribution in [0.2, 0.25) is 5.02 Å². The highest BCUT2D eigenvalue weighted by molar-refractivity contribution is 6.30. The molecular weight excluding hydrogens is 322 g/mol. The minimum atomic E-state index is 0.154. The zero-order chi connectivity index (χ0) is 16.8. The number of likely N-dealkylation sites (tertiary alicyclic amines) is 1. The number of hydrogen-bond donors (Lipinski definition) is 0. The van der Waals surface area contributed by atoms with Crippen LogP contribution in [0, 0.1) is 5.92 Å². The first-order valence-electron chi connectivity index (χ1n) is 8.42. The second-order valence-corrected chi connectivity index (χ2v) is 6.59. The Morgan fingerprint density at radius 3 is 2.38 bits per heavy atom. The number of halogens is 1. The topological polar surface area (TPSA) is 29.5 Å². The number of hydrogen-bond acceptors (Lipinski definition) is 3. The summed E-state index contributed by atoms with van der Waals surface area (Å²) in [4.78, 5) is 14.8. The van der Waals surface area contributed by atoms with E-state index in [-0.39, 0.29) is 11.7 Å². The van der Waals surface area contributed by atoms with Crippen LogP contribution in [0.1, 0.15) is 23.2 Å². The molecule has 4 heteroatoms. The lowest BCUT2D eigenvalue weighted by molar-refractivity contribution is 0.0827. The third-order valence-corrected chi connectivity index (χ3v) is 4.76. The van der Waals surface area contributed by atoms with Crippen LogP contribution >= 0.6 is 11.6 Å². The summed E-state index contributed by atoms with van der Waals surface area (Å²) in [7, 11) is 0. The molecule has 0 aromatic heterocycles. The molecule has 24 heavy (non-hydrogen) atoms. The Hall–Kier alpha value is -1.84. The summed E-state index contributed by atoms with van der Waals surface area (Å²) < 4.78 is 5.74. The molecule has 0 radical (unpaired) electrons. The van der Waals surface area contributed by atoms with E-state index in [1.54, 1.807) is 0 Å². The maximum atomic E-state index is 12.5. The van der Waals surface area contributed by atoms with Crippen molar-refractivity contribution in [2.24, 2.45) is 5.92 Å². The maximum Gasteiger partial charge on any atom is 0.166 e. The van der Waals surface area contributed by atoms with Gasteiger partial charge in [0.15, 0.2) is 5.78 Å². The number of nitrogens with zero attached hydrogens (tertiary/aromatic N) is 1. The molecule has 0 atom stereocenters. The molecule has 126 valence electrons. The monoisotopic (exact) mass is 343 g/mol. The lowest BCUT2D eigenvalue weighted by atomic mass is 9.89. The zero-order valence-corrected chi connectivity index (χ0v) is 14.4. The summed E-state index contributed by atoms with van der Waals surface area (Å²) in [5.41, 5.74) is 0.835. The summed E-state index contributed by atoms with van der Waals surface area (Å²) >= 11 is 5.86. The molecule has 1 saturated heterocycles. The van der Waals surface area contributed by atoms with Crippen LogP contribution in [0.5, 0.6) is 5.75 Å². The van der Waals surface area contributed by atoms with Crippen molar-refractivity contribution in [2.45, 2.75) is 12.8 Å². The standard InChI is InChI=1S/C20H22ClNO2/c21-18-6-8-19(9-7-18)24-15-14-22-12-10-17(11-13-22)20(23)16-4-2-1-3-5-16/h1-9,17H,10-15H2. The molecule has 1 aliphatic rings. The summed E-state index contributed by atoms with van der Waals surface area (Å²) in [6.07, 6.45) is 1.85. The summed E-state index contributed by atoms with van der Waals surface area (Å²) in [6.45, 7) is 3.44. The Labute approximate surface area is 148 Å². The fourth-order valence-electron chi connectivity index (χ4n) is 3.08. The largest absolute Gasteiger partial charge is 0.492 e. The van der Waals surface area contributed by atoms with Crippen molar-refractivity contribution in [1.29, 1.82) is 0 Å². The average Bonchev–Trinajstić information content (AvgIpc) is 2.64. The molecule has 1 fully saturated rings. The maximum absolute atomic E-state index is 12.5. The summed E-state index contributed by atoms with van der Waals surface area (Å²) in [6, 6.07) is 17.0. The number of carbonyl (C=O) groups excluding carboxylic acids is 1. The van der Waals surface area contributed by atoms with Gasteiger partial charge in [0.25, 0.3) is 0 Å². The number of piperidine rings is 1. The quantitative estimate of drug-likeness (QED) is 0.732. The number of benzene rings is 2. The van der Waals surface area contributed by atoms with E-state index in [4.69, 9.17) is 16.3 Å². The second-order valence-electron chi connectivity index (χ2n) is 6.15. The first-order chi connectivity index (χ1) is 11.7. The van der Waals surface area contributed by atoms with Crippen molar-refractivity contribution in [2.75, 3.05) is 26.2 Å². The van der Waals surface area contributed by atoms with Crippen LogP contribution in [0.25, 0.3) is 0 Å². The van der Waals surface area contributed by atoms with Gasteiger partial charge in [-0.15, -0.1) is 0 Å². The molecule has 0 spiro atoms. The van der Waals surface area contributed by atoms with Crippen LogP contribution in [0.3, 0.4) is 0 Å². The fraction of sp³-hybridized carbons (Fsp3) is 0.350. The van der Waals surface area contributed by atoms with Crippen molar-refractivity contribution in [1.82, 2.24) is 4.90 Å². The Bertz CT molecular complexity index is 649. The normalized spacial score (nSPS) is 16.0. The van der Waals surface area contributed by atoms with Gasteiger partial charge in [0.05, 0.1) is 0 Å². The first-order valence-corrected chi connectivity index (χ1v) is 8.80. The van der Waals surface area contributed by atoms with E-state index >= 15 is 0 Å². The highest BCUT2D eigenvalue weighted by atomic mass is 35.5. The molecule has 0 saturated carbocycles. The molecule has 1 heterocycles. The van der Waals surface area contributed by atoms with Crippen LogP contribution in [-0.2, 0) is 0 Å². The summed E-state index contributed by atoms with van der Waals surface area (Å²) in [5, 5.41) is 0.715. The van der Waals surface area contributed by atoms with Gasteiger partial charge in [-0.3, -0.25) is 9.69 Å². The Morgan fingerprint density at radius 2 is 1.71 bits per heavy atom. The molecule has 0 N–H and O–H groups in total. The van der Waals surface area contributed by atoms with Gasteiger partial charge in [-0.1, -0.05) is 41.9 Å².